The van der Waals surface area contributed by atoms with E-state index in [1.807, 2.05) is 12.1 Å². The first-order chi connectivity index (χ1) is 11.6. The number of aromatic nitrogens is 1. The van der Waals surface area contributed by atoms with Gasteiger partial charge >= 0.3 is 0 Å². The van der Waals surface area contributed by atoms with Crippen molar-refractivity contribution >= 4 is 34.8 Å². The first-order valence-electron chi connectivity index (χ1n) is 6.92. The lowest BCUT2D eigenvalue weighted by Crippen LogP contribution is -2.29. The minimum absolute atomic E-state index is 0.143. The highest BCUT2D eigenvalue weighted by atomic mass is 35.5. The molecular weight excluding hydrogens is 353 g/mol. The number of hydrogen-bond donors (Lipinski definition) is 1. The van der Waals surface area contributed by atoms with Gasteiger partial charge in [-0.1, -0.05) is 52.6 Å². The number of nitrogens with one attached hydrogen (secondary N) is 1. The molecule has 0 fully saturated rings. The molecule has 126 valence electrons. The number of nitrogens with zero attached hydrogens (tertiary/aromatic N) is 2. The Bertz CT molecular complexity index is 766. The Hall–Kier alpha value is -2.31. The molecule has 1 aromatic carbocycles. The quantitative estimate of drug-likeness (QED) is 0.628. The fourth-order valence-electron chi connectivity index (χ4n) is 1.95. The zero-order valence-electron chi connectivity index (χ0n) is 13.0. The van der Waals surface area contributed by atoms with Crippen LogP contribution in [-0.4, -0.2) is 30.8 Å². The van der Waals surface area contributed by atoms with Gasteiger partial charge in [0.05, 0.1) is 5.02 Å². The van der Waals surface area contributed by atoms with Gasteiger partial charge in [0.25, 0.3) is 5.91 Å². The van der Waals surface area contributed by atoms with E-state index >= 15 is 0 Å². The van der Waals surface area contributed by atoms with Crippen LogP contribution in [-0.2, 0) is 16.2 Å². The molecule has 0 radical (unpaired) electrons. The van der Waals surface area contributed by atoms with Crippen molar-refractivity contribution in [1.29, 1.82) is 0 Å². The number of rotatable bonds is 6. The van der Waals surface area contributed by atoms with Crippen molar-refractivity contribution in [1.82, 2.24) is 10.3 Å². The third-order valence-electron chi connectivity index (χ3n) is 3.04. The second-order valence-corrected chi connectivity index (χ2v) is 5.43. The van der Waals surface area contributed by atoms with Crippen LogP contribution in [0.3, 0.4) is 0 Å². The largest absolute Gasteiger partial charge is 0.472 e. The second-order valence-electron chi connectivity index (χ2n) is 4.59. The number of ether oxygens (including phenoxy) is 1. The maximum Gasteiger partial charge on any atom is 0.273 e. The molecule has 0 aliphatic carbocycles. The van der Waals surface area contributed by atoms with Crippen LogP contribution in [0.1, 0.15) is 11.1 Å². The fourth-order valence-corrected chi connectivity index (χ4v) is 2.39. The Balaban J connectivity index is 2.28. The lowest BCUT2D eigenvalue weighted by molar-refractivity contribution is -0.114. The second kappa shape index (κ2) is 8.52. The number of benzene rings is 1. The summed E-state index contributed by atoms with van der Waals surface area (Å²) in [6, 6.07) is 8.73. The molecule has 2 rings (SSSR count). The predicted molar refractivity (Wildman–Crippen MR) is 92.6 cm³/mol. The van der Waals surface area contributed by atoms with Crippen molar-refractivity contribution in [3.8, 4) is 5.88 Å². The molecule has 2 aromatic rings. The Morgan fingerprint density at radius 3 is 2.75 bits per heavy atom. The number of oxime groups is 1. The Morgan fingerprint density at radius 1 is 1.33 bits per heavy atom. The summed E-state index contributed by atoms with van der Waals surface area (Å²) >= 11 is 11.9. The molecule has 1 aromatic heterocycles. The molecule has 0 aliphatic heterocycles. The van der Waals surface area contributed by atoms with E-state index in [1.165, 1.54) is 20.4 Å². The normalized spacial score (nSPS) is 11.1. The Morgan fingerprint density at radius 2 is 2.08 bits per heavy atom. The lowest BCUT2D eigenvalue weighted by atomic mass is 10.0. The molecule has 8 heteroatoms. The average molecular weight is 368 g/mol. The molecule has 24 heavy (non-hydrogen) atoms. The van der Waals surface area contributed by atoms with Crippen LogP contribution in [0.2, 0.25) is 10.0 Å². The maximum absolute atomic E-state index is 12.0. The number of likely N-dealkylation sites (N-methyl/N-ethyl adjacent to an activating group) is 1. The number of halogens is 2. The van der Waals surface area contributed by atoms with Gasteiger partial charge in [0.1, 0.15) is 18.7 Å². The van der Waals surface area contributed by atoms with Crippen LogP contribution in [0.25, 0.3) is 0 Å². The van der Waals surface area contributed by atoms with Crippen molar-refractivity contribution in [2.75, 3.05) is 14.2 Å². The molecule has 0 aliphatic rings. The van der Waals surface area contributed by atoms with E-state index in [0.29, 0.717) is 15.6 Å². The summed E-state index contributed by atoms with van der Waals surface area (Å²) in [6.07, 6.45) is 1.44. The van der Waals surface area contributed by atoms with Crippen LogP contribution >= 0.6 is 23.2 Å². The molecule has 6 nitrogen and oxygen atoms in total. The molecule has 0 unspecified atom stereocenters. The SMILES string of the molecule is CNC(=O)/C(=N/OC)c1ccccc1COc1ncc(Cl)cc1Cl. The van der Waals surface area contributed by atoms with E-state index in [9.17, 15) is 4.79 Å². The van der Waals surface area contributed by atoms with E-state index in [0.717, 1.165) is 5.56 Å². The van der Waals surface area contributed by atoms with E-state index in [4.69, 9.17) is 32.8 Å². The highest BCUT2D eigenvalue weighted by molar-refractivity contribution is 6.45. The molecule has 0 atom stereocenters. The van der Waals surface area contributed by atoms with Gasteiger partial charge in [-0.05, 0) is 11.6 Å². The van der Waals surface area contributed by atoms with E-state index in [1.54, 1.807) is 18.2 Å². The van der Waals surface area contributed by atoms with Gasteiger partial charge in [-0.15, -0.1) is 0 Å². The van der Waals surface area contributed by atoms with Gasteiger partial charge in [-0.25, -0.2) is 4.98 Å². The third kappa shape index (κ3) is 4.37. The van der Waals surface area contributed by atoms with Crippen LogP contribution in [0.4, 0.5) is 0 Å². The van der Waals surface area contributed by atoms with Gasteiger partial charge in [0, 0.05) is 18.8 Å². The van der Waals surface area contributed by atoms with Gasteiger partial charge in [0.2, 0.25) is 5.88 Å². The summed E-state index contributed by atoms with van der Waals surface area (Å²) in [5, 5.41) is 7.05. The summed E-state index contributed by atoms with van der Waals surface area (Å²) < 4.78 is 5.63. The molecular formula is C16H15Cl2N3O3. The smallest absolute Gasteiger partial charge is 0.273 e. The number of hydrogen-bond acceptors (Lipinski definition) is 5. The van der Waals surface area contributed by atoms with Crippen molar-refractivity contribution in [2.45, 2.75) is 6.61 Å². The minimum Gasteiger partial charge on any atom is -0.472 e. The van der Waals surface area contributed by atoms with Gasteiger partial charge < -0.3 is 14.9 Å². The van der Waals surface area contributed by atoms with Crippen LogP contribution in [0, 0.1) is 0 Å². The van der Waals surface area contributed by atoms with Crippen LogP contribution < -0.4 is 10.1 Å². The molecule has 0 bridgehead atoms. The summed E-state index contributed by atoms with van der Waals surface area (Å²) in [7, 11) is 2.89. The molecule has 0 spiro atoms. The average Bonchev–Trinajstić information content (AvgIpc) is 2.59. The molecule has 0 saturated carbocycles. The van der Waals surface area contributed by atoms with E-state index < -0.39 is 0 Å². The maximum atomic E-state index is 12.0. The van der Waals surface area contributed by atoms with Crippen molar-refractivity contribution < 1.29 is 14.4 Å². The summed E-state index contributed by atoms with van der Waals surface area (Å²) in [4.78, 5) is 20.8. The summed E-state index contributed by atoms with van der Waals surface area (Å²) in [5.41, 5.74) is 1.46. The topological polar surface area (TPSA) is 72.8 Å². The van der Waals surface area contributed by atoms with E-state index in [-0.39, 0.29) is 24.1 Å². The highest BCUT2D eigenvalue weighted by Gasteiger charge is 2.17. The first kappa shape index (κ1) is 18.0. The zero-order valence-corrected chi connectivity index (χ0v) is 14.6. The zero-order chi connectivity index (χ0) is 17.5. The summed E-state index contributed by atoms with van der Waals surface area (Å²) in [5.74, 6) is -0.118. The predicted octanol–water partition coefficient (Wildman–Crippen LogP) is 3.06. The van der Waals surface area contributed by atoms with Crippen LogP contribution in [0.5, 0.6) is 5.88 Å². The van der Waals surface area contributed by atoms with Gasteiger partial charge in [-0.3, -0.25) is 4.79 Å². The Labute approximate surface area is 149 Å². The van der Waals surface area contributed by atoms with Crippen molar-refractivity contribution in [2.24, 2.45) is 5.16 Å². The van der Waals surface area contributed by atoms with E-state index in [2.05, 4.69) is 15.5 Å². The third-order valence-corrected chi connectivity index (χ3v) is 3.51. The number of carbonyl (C=O) groups excluding carboxylic acids is 1. The standard InChI is InChI=1S/C16H15Cl2N3O3/c1-19-15(22)14(21-23-2)12-6-4-3-5-10(12)9-24-16-13(18)7-11(17)8-20-16/h3-8H,9H2,1-2H3,(H,19,22)/b21-14+. The van der Waals surface area contributed by atoms with Gasteiger partial charge in [0.15, 0.2) is 5.71 Å². The van der Waals surface area contributed by atoms with Crippen molar-refractivity contribution in [3.63, 3.8) is 0 Å². The molecule has 0 saturated heterocycles. The Kier molecular flexibility index (Phi) is 6.40. The minimum atomic E-state index is -0.369. The molecule has 1 heterocycles. The number of amides is 1. The van der Waals surface area contributed by atoms with Crippen molar-refractivity contribution in [3.05, 3.63) is 57.7 Å². The van der Waals surface area contributed by atoms with Gasteiger partial charge in [-0.2, -0.15) is 0 Å². The molecule has 1 N–H and O–H groups in total. The summed E-state index contributed by atoms with van der Waals surface area (Å²) in [6.45, 7) is 0.143. The monoisotopic (exact) mass is 367 g/mol. The van der Waals surface area contributed by atoms with Crippen LogP contribution in [0.15, 0.2) is 41.7 Å². The molecule has 1 amide bonds. The fraction of sp³-hybridized carbons (Fsp3) is 0.188. The first-order valence-corrected chi connectivity index (χ1v) is 7.67. The number of carbonyl (C=O) groups is 1. The lowest BCUT2D eigenvalue weighted by Gasteiger charge is -2.12. The highest BCUT2D eigenvalue weighted by Crippen LogP contribution is 2.25. The number of pyridine rings is 1.